The van der Waals surface area contributed by atoms with Crippen LogP contribution >= 0.6 is 0 Å². The Bertz CT molecular complexity index is 598. The van der Waals surface area contributed by atoms with Gasteiger partial charge < -0.3 is 10.6 Å². The average molecular weight is 258 g/mol. The van der Waals surface area contributed by atoms with Crippen molar-refractivity contribution in [1.82, 2.24) is 20.2 Å². The molecule has 100 valence electrons. The SMILES string of the molecule is C1CCC(Nc2nc3c4c(n[nH]c4n2)CCN3)CC1. The molecule has 3 N–H and O–H groups in total. The summed E-state index contributed by atoms with van der Waals surface area (Å²) >= 11 is 0. The molecule has 1 fully saturated rings. The molecule has 1 aliphatic heterocycles. The van der Waals surface area contributed by atoms with E-state index >= 15 is 0 Å². The molecule has 4 rings (SSSR count). The number of anilines is 2. The molecule has 0 bridgehead atoms. The lowest BCUT2D eigenvalue weighted by Gasteiger charge is -2.23. The molecule has 1 aliphatic carbocycles. The highest BCUT2D eigenvalue weighted by molar-refractivity contribution is 5.91. The zero-order chi connectivity index (χ0) is 12.7. The lowest BCUT2D eigenvalue weighted by Crippen LogP contribution is -2.24. The van der Waals surface area contributed by atoms with Crippen LogP contribution in [0.2, 0.25) is 0 Å². The lowest BCUT2D eigenvalue weighted by molar-refractivity contribution is 0.461. The van der Waals surface area contributed by atoms with E-state index in [2.05, 4.69) is 30.8 Å². The van der Waals surface area contributed by atoms with Crippen molar-refractivity contribution >= 4 is 22.8 Å². The Morgan fingerprint density at radius 1 is 1.11 bits per heavy atom. The van der Waals surface area contributed by atoms with E-state index < -0.39 is 0 Å². The molecule has 0 saturated heterocycles. The standard InChI is InChI=1S/C13H18N6/c1-2-4-8(5-3-1)15-13-16-11-10-9(6-7-14-11)18-19-12(10)17-13/h8H,1-7H2,(H3,14,15,16,17,18,19). The van der Waals surface area contributed by atoms with Gasteiger partial charge in [0, 0.05) is 19.0 Å². The highest BCUT2D eigenvalue weighted by Gasteiger charge is 2.20. The van der Waals surface area contributed by atoms with Crippen molar-refractivity contribution in [3.05, 3.63) is 5.69 Å². The fraction of sp³-hybridized carbons (Fsp3) is 0.615. The van der Waals surface area contributed by atoms with Crippen LogP contribution in [0.1, 0.15) is 37.8 Å². The molecule has 0 atom stereocenters. The van der Waals surface area contributed by atoms with E-state index in [0.717, 1.165) is 41.5 Å². The lowest BCUT2D eigenvalue weighted by atomic mass is 9.96. The Hall–Kier alpha value is -1.85. The molecule has 1 saturated carbocycles. The number of rotatable bonds is 2. The first-order valence-corrected chi connectivity index (χ1v) is 7.15. The Morgan fingerprint density at radius 3 is 2.89 bits per heavy atom. The molecule has 2 aromatic heterocycles. The van der Waals surface area contributed by atoms with Crippen molar-refractivity contribution in [2.24, 2.45) is 0 Å². The predicted octanol–water partition coefficient (Wildman–Crippen LogP) is 2.07. The second-order valence-corrected chi connectivity index (χ2v) is 5.45. The summed E-state index contributed by atoms with van der Waals surface area (Å²) in [5.74, 6) is 1.64. The monoisotopic (exact) mass is 258 g/mol. The van der Waals surface area contributed by atoms with Gasteiger partial charge in [-0.1, -0.05) is 19.3 Å². The van der Waals surface area contributed by atoms with E-state index in [-0.39, 0.29) is 0 Å². The van der Waals surface area contributed by atoms with E-state index in [1.54, 1.807) is 0 Å². The quantitative estimate of drug-likeness (QED) is 0.768. The van der Waals surface area contributed by atoms with Gasteiger partial charge in [0.15, 0.2) is 5.65 Å². The number of H-pyrrole nitrogens is 1. The van der Waals surface area contributed by atoms with E-state index in [9.17, 15) is 0 Å². The second kappa shape index (κ2) is 4.36. The highest BCUT2D eigenvalue weighted by Crippen LogP contribution is 2.28. The minimum Gasteiger partial charge on any atom is -0.369 e. The summed E-state index contributed by atoms with van der Waals surface area (Å²) in [6.45, 7) is 0.896. The van der Waals surface area contributed by atoms with E-state index in [0.29, 0.717) is 6.04 Å². The van der Waals surface area contributed by atoms with Gasteiger partial charge in [0.05, 0.1) is 11.1 Å². The van der Waals surface area contributed by atoms with Gasteiger partial charge in [-0.3, -0.25) is 5.10 Å². The summed E-state index contributed by atoms with van der Waals surface area (Å²) in [6, 6.07) is 0.518. The maximum atomic E-state index is 4.60. The molecular formula is C13H18N6. The highest BCUT2D eigenvalue weighted by atomic mass is 15.2. The molecule has 0 amide bonds. The van der Waals surface area contributed by atoms with Gasteiger partial charge in [0.1, 0.15) is 5.82 Å². The van der Waals surface area contributed by atoms with Crippen molar-refractivity contribution in [3.8, 4) is 0 Å². The summed E-state index contributed by atoms with van der Waals surface area (Å²) in [5, 5.41) is 15.2. The zero-order valence-corrected chi connectivity index (χ0v) is 10.9. The van der Waals surface area contributed by atoms with Crippen molar-refractivity contribution in [2.45, 2.75) is 44.6 Å². The fourth-order valence-electron chi connectivity index (χ4n) is 3.09. The van der Waals surface area contributed by atoms with Crippen molar-refractivity contribution in [1.29, 1.82) is 0 Å². The van der Waals surface area contributed by atoms with E-state index in [4.69, 9.17) is 0 Å². The third kappa shape index (κ3) is 1.91. The van der Waals surface area contributed by atoms with Gasteiger partial charge in [-0.25, -0.2) is 0 Å². The predicted molar refractivity (Wildman–Crippen MR) is 74.4 cm³/mol. The van der Waals surface area contributed by atoms with Gasteiger partial charge in [-0.2, -0.15) is 15.1 Å². The van der Waals surface area contributed by atoms with E-state index in [1.807, 2.05) is 0 Å². The molecule has 0 aromatic carbocycles. The molecule has 2 aromatic rings. The number of aromatic nitrogens is 4. The van der Waals surface area contributed by atoms with Crippen LogP contribution < -0.4 is 10.6 Å². The molecular weight excluding hydrogens is 240 g/mol. The maximum Gasteiger partial charge on any atom is 0.226 e. The van der Waals surface area contributed by atoms with Crippen molar-refractivity contribution in [2.75, 3.05) is 17.2 Å². The van der Waals surface area contributed by atoms with Crippen LogP contribution in [-0.2, 0) is 6.42 Å². The van der Waals surface area contributed by atoms with Crippen molar-refractivity contribution in [3.63, 3.8) is 0 Å². The summed E-state index contributed by atoms with van der Waals surface area (Å²) in [4.78, 5) is 9.16. The van der Waals surface area contributed by atoms with Crippen LogP contribution in [-0.4, -0.2) is 32.8 Å². The van der Waals surface area contributed by atoms with Crippen LogP contribution in [0.4, 0.5) is 11.8 Å². The Balaban J connectivity index is 1.67. The fourth-order valence-corrected chi connectivity index (χ4v) is 3.09. The Labute approximate surface area is 111 Å². The van der Waals surface area contributed by atoms with E-state index in [1.165, 1.54) is 32.1 Å². The van der Waals surface area contributed by atoms with Crippen LogP contribution in [0, 0.1) is 0 Å². The smallest absolute Gasteiger partial charge is 0.226 e. The number of hydrogen-bond acceptors (Lipinski definition) is 5. The topological polar surface area (TPSA) is 78.5 Å². The third-order valence-electron chi connectivity index (χ3n) is 4.09. The largest absolute Gasteiger partial charge is 0.369 e. The first-order chi connectivity index (χ1) is 9.40. The summed E-state index contributed by atoms with van der Waals surface area (Å²) in [7, 11) is 0. The molecule has 0 spiro atoms. The molecule has 19 heavy (non-hydrogen) atoms. The van der Waals surface area contributed by atoms with Gasteiger partial charge in [0.25, 0.3) is 0 Å². The first-order valence-electron chi connectivity index (χ1n) is 7.15. The maximum absolute atomic E-state index is 4.60. The molecule has 6 nitrogen and oxygen atoms in total. The minimum atomic E-state index is 0.518. The van der Waals surface area contributed by atoms with Crippen molar-refractivity contribution < 1.29 is 0 Å². The second-order valence-electron chi connectivity index (χ2n) is 5.45. The van der Waals surface area contributed by atoms with Crippen LogP contribution in [0.15, 0.2) is 0 Å². The van der Waals surface area contributed by atoms with Crippen LogP contribution in [0.25, 0.3) is 11.0 Å². The zero-order valence-electron chi connectivity index (χ0n) is 10.9. The van der Waals surface area contributed by atoms with Gasteiger partial charge in [-0.05, 0) is 12.8 Å². The molecule has 0 unspecified atom stereocenters. The Kier molecular flexibility index (Phi) is 2.53. The number of nitrogens with zero attached hydrogens (tertiary/aromatic N) is 3. The number of hydrogen-bond donors (Lipinski definition) is 3. The first kappa shape index (κ1) is 11.0. The summed E-state index contributed by atoms with van der Waals surface area (Å²) < 4.78 is 0. The molecule has 2 aliphatic rings. The normalized spacial score (nSPS) is 19.4. The minimum absolute atomic E-state index is 0.518. The molecule has 3 heterocycles. The van der Waals surface area contributed by atoms with Crippen LogP contribution in [0.3, 0.4) is 0 Å². The van der Waals surface area contributed by atoms with Gasteiger partial charge in [0.2, 0.25) is 5.95 Å². The summed E-state index contributed by atoms with van der Waals surface area (Å²) in [6.07, 6.45) is 7.34. The van der Waals surface area contributed by atoms with Gasteiger partial charge >= 0.3 is 0 Å². The van der Waals surface area contributed by atoms with Crippen LogP contribution in [0.5, 0.6) is 0 Å². The molecule has 6 heteroatoms. The Morgan fingerprint density at radius 2 is 2.00 bits per heavy atom. The average Bonchev–Trinajstić information content (AvgIpc) is 2.85. The summed E-state index contributed by atoms with van der Waals surface area (Å²) in [5.41, 5.74) is 1.92. The number of aromatic amines is 1. The number of nitrogens with one attached hydrogen (secondary N) is 3. The molecule has 0 radical (unpaired) electrons. The van der Waals surface area contributed by atoms with Gasteiger partial charge in [-0.15, -0.1) is 0 Å². The third-order valence-corrected chi connectivity index (χ3v) is 4.09.